The summed E-state index contributed by atoms with van der Waals surface area (Å²) in [4.78, 5) is 38.0. The van der Waals surface area contributed by atoms with E-state index < -0.39 is 6.10 Å². The van der Waals surface area contributed by atoms with Gasteiger partial charge in [-0.3, -0.25) is 14.4 Å². The Bertz CT molecular complexity index is 962. The Balaban J connectivity index is 4.32. The third kappa shape index (κ3) is 49.2. The number of ether oxygens (including phenoxy) is 3. The summed E-state index contributed by atoms with van der Waals surface area (Å²) in [5.41, 5.74) is 0. The zero-order chi connectivity index (χ0) is 45.1. The lowest BCUT2D eigenvalue weighted by Crippen LogP contribution is -2.30. The highest BCUT2D eigenvalue weighted by Crippen LogP contribution is 2.17. The Morgan fingerprint density at radius 3 is 0.806 bits per heavy atom. The normalized spacial score (nSPS) is 12.0. The van der Waals surface area contributed by atoms with Crippen LogP contribution >= 0.6 is 0 Å². The number of allylic oxidation sites excluding steroid dienone is 2. The van der Waals surface area contributed by atoms with Gasteiger partial charge >= 0.3 is 17.9 Å². The lowest BCUT2D eigenvalue weighted by atomic mass is 10.0. The van der Waals surface area contributed by atoms with Gasteiger partial charge in [-0.2, -0.15) is 0 Å². The Hall–Kier alpha value is -1.85. The average Bonchev–Trinajstić information content (AvgIpc) is 3.27. The summed E-state index contributed by atoms with van der Waals surface area (Å²) in [5.74, 6) is -0.855. The van der Waals surface area contributed by atoms with E-state index in [2.05, 4.69) is 32.9 Å². The topological polar surface area (TPSA) is 78.9 Å². The van der Waals surface area contributed by atoms with Crippen molar-refractivity contribution >= 4 is 17.9 Å². The maximum atomic E-state index is 12.8. The molecular formula is C56H106O6. The minimum absolute atomic E-state index is 0.0669. The maximum Gasteiger partial charge on any atom is 0.306 e. The molecule has 0 rings (SSSR count). The first-order valence-electron chi connectivity index (χ1n) is 27.7. The Morgan fingerprint density at radius 2 is 0.532 bits per heavy atom. The van der Waals surface area contributed by atoms with Crippen LogP contribution < -0.4 is 0 Å². The summed E-state index contributed by atoms with van der Waals surface area (Å²) in [5, 5.41) is 0. The van der Waals surface area contributed by atoms with E-state index in [-0.39, 0.29) is 31.1 Å². The van der Waals surface area contributed by atoms with Crippen molar-refractivity contribution in [3.8, 4) is 0 Å². The molecule has 0 fully saturated rings. The van der Waals surface area contributed by atoms with Gasteiger partial charge in [0.2, 0.25) is 0 Å². The molecule has 0 aliphatic carbocycles. The highest BCUT2D eigenvalue weighted by molar-refractivity contribution is 5.71. The van der Waals surface area contributed by atoms with E-state index in [0.717, 1.165) is 64.2 Å². The molecule has 0 N–H and O–H groups in total. The molecule has 0 amide bonds. The van der Waals surface area contributed by atoms with E-state index >= 15 is 0 Å². The Morgan fingerprint density at radius 1 is 0.306 bits per heavy atom. The fourth-order valence-electron chi connectivity index (χ4n) is 8.32. The predicted octanol–water partition coefficient (Wildman–Crippen LogP) is 18.2. The van der Waals surface area contributed by atoms with Crippen LogP contribution in [-0.4, -0.2) is 37.2 Å². The zero-order valence-corrected chi connectivity index (χ0v) is 41.9. The van der Waals surface area contributed by atoms with Gasteiger partial charge in [-0.1, -0.05) is 258 Å². The third-order valence-corrected chi connectivity index (χ3v) is 12.5. The second kappa shape index (κ2) is 51.8. The Labute approximate surface area is 386 Å². The van der Waals surface area contributed by atoms with Crippen molar-refractivity contribution in [2.45, 2.75) is 316 Å². The zero-order valence-electron chi connectivity index (χ0n) is 41.9. The summed E-state index contributed by atoms with van der Waals surface area (Å²) in [6.45, 7) is 6.67. The van der Waals surface area contributed by atoms with Crippen molar-refractivity contribution in [1.82, 2.24) is 0 Å². The van der Waals surface area contributed by atoms with Crippen molar-refractivity contribution < 1.29 is 28.6 Å². The number of esters is 3. The van der Waals surface area contributed by atoms with Crippen molar-refractivity contribution in [3.05, 3.63) is 12.2 Å². The van der Waals surface area contributed by atoms with Crippen LogP contribution in [0, 0.1) is 0 Å². The number of hydrogen-bond acceptors (Lipinski definition) is 6. The second-order valence-electron chi connectivity index (χ2n) is 18.9. The lowest BCUT2D eigenvalue weighted by Gasteiger charge is -2.18. The molecule has 0 aliphatic rings. The first kappa shape index (κ1) is 60.2. The summed E-state index contributed by atoms with van der Waals surface area (Å²) in [6.07, 6.45) is 57.6. The van der Waals surface area contributed by atoms with Gasteiger partial charge in [0, 0.05) is 19.3 Å². The second-order valence-corrected chi connectivity index (χ2v) is 18.9. The predicted molar refractivity (Wildman–Crippen MR) is 266 cm³/mol. The van der Waals surface area contributed by atoms with Gasteiger partial charge in [-0.15, -0.1) is 0 Å². The van der Waals surface area contributed by atoms with Crippen LogP contribution in [0.25, 0.3) is 0 Å². The standard InChI is InChI=1S/C56H106O6/c1-4-7-10-13-16-19-22-25-27-29-31-34-37-40-43-46-49-55(58)61-52-53(51-60-54(57)48-45-42-39-36-33-24-21-18-15-12-9-6-3)62-56(59)50-47-44-41-38-35-32-30-28-26-23-20-17-14-11-8-5-2/h27,29,53H,4-26,28,30-52H2,1-3H3/b29-27-. The SMILES string of the molecule is CCCCCCCCC/C=C\CCCCCCCC(=O)OCC(COC(=O)CCCCCCCCCCCCCC)OC(=O)CCCCCCCCCCCCCCCCCC. The van der Waals surface area contributed by atoms with Crippen LogP contribution in [0.5, 0.6) is 0 Å². The van der Waals surface area contributed by atoms with Crippen molar-refractivity contribution in [3.63, 3.8) is 0 Å². The van der Waals surface area contributed by atoms with Crippen LogP contribution in [0.2, 0.25) is 0 Å². The highest BCUT2D eigenvalue weighted by Gasteiger charge is 2.19. The van der Waals surface area contributed by atoms with E-state index in [0.29, 0.717) is 19.3 Å². The molecule has 0 aromatic heterocycles. The van der Waals surface area contributed by atoms with Gasteiger partial charge in [0.25, 0.3) is 0 Å². The molecule has 1 atom stereocenters. The van der Waals surface area contributed by atoms with E-state index in [1.165, 1.54) is 205 Å². The Kier molecular flexibility index (Phi) is 50.2. The van der Waals surface area contributed by atoms with Crippen LogP contribution in [-0.2, 0) is 28.6 Å². The van der Waals surface area contributed by atoms with E-state index in [1.54, 1.807) is 0 Å². The molecule has 1 unspecified atom stereocenters. The summed E-state index contributed by atoms with van der Waals surface area (Å²) < 4.78 is 16.8. The molecule has 6 nitrogen and oxygen atoms in total. The number of rotatable bonds is 51. The fraction of sp³-hybridized carbons (Fsp3) is 0.911. The number of hydrogen-bond donors (Lipinski definition) is 0. The number of carbonyl (C=O) groups is 3. The molecule has 0 bridgehead atoms. The monoisotopic (exact) mass is 875 g/mol. The van der Waals surface area contributed by atoms with Crippen molar-refractivity contribution in [2.24, 2.45) is 0 Å². The van der Waals surface area contributed by atoms with Gasteiger partial charge in [0.1, 0.15) is 13.2 Å². The third-order valence-electron chi connectivity index (χ3n) is 12.5. The first-order chi connectivity index (χ1) is 30.5. The fourth-order valence-corrected chi connectivity index (χ4v) is 8.32. The number of carbonyl (C=O) groups excluding carboxylic acids is 3. The summed E-state index contributed by atoms with van der Waals surface area (Å²) in [6, 6.07) is 0. The minimum atomic E-state index is -0.766. The highest BCUT2D eigenvalue weighted by atomic mass is 16.6. The quantitative estimate of drug-likeness (QED) is 0.0262. The van der Waals surface area contributed by atoms with Crippen LogP contribution in [0.4, 0.5) is 0 Å². The largest absolute Gasteiger partial charge is 0.462 e. The van der Waals surface area contributed by atoms with E-state index in [1.807, 2.05) is 0 Å². The van der Waals surface area contributed by atoms with Gasteiger partial charge in [-0.25, -0.2) is 0 Å². The molecule has 0 aromatic rings. The molecule has 0 aromatic carbocycles. The molecule has 0 spiro atoms. The summed E-state index contributed by atoms with van der Waals surface area (Å²) in [7, 11) is 0. The van der Waals surface area contributed by atoms with Crippen LogP contribution in [0.15, 0.2) is 12.2 Å². The molecule has 0 heterocycles. The van der Waals surface area contributed by atoms with Crippen LogP contribution in [0.3, 0.4) is 0 Å². The van der Waals surface area contributed by atoms with Gasteiger partial charge < -0.3 is 14.2 Å². The molecule has 366 valence electrons. The van der Waals surface area contributed by atoms with Crippen LogP contribution in [0.1, 0.15) is 310 Å². The van der Waals surface area contributed by atoms with E-state index in [9.17, 15) is 14.4 Å². The van der Waals surface area contributed by atoms with Gasteiger partial charge in [0.05, 0.1) is 0 Å². The average molecular weight is 875 g/mol. The molecule has 0 aliphatic heterocycles. The van der Waals surface area contributed by atoms with Crippen molar-refractivity contribution in [1.29, 1.82) is 0 Å². The maximum absolute atomic E-state index is 12.8. The number of unbranched alkanes of at least 4 members (excludes halogenated alkanes) is 38. The molecule has 0 radical (unpaired) electrons. The molecule has 6 heteroatoms. The molecule has 0 saturated carbocycles. The van der Waals surface area contributed by atoms with Crippen molar-refractivity contribution in [2.75, 3.05) is 13.2 Å². The molecule has 62 heavy (non-hydrogen) atoms. The molecule has 0 saturated heterocycles. The lowest BCUT2D eigenvalue weighted by molar-refractivity contribution is -0.167. The molecular weight excluding hydrogens is 769 g/mol. The van der Waals surface area contributed by atoms with E-state index in [4.69, 9.17) is 14.2 Å². The minimum Gasteiger partial charge on any atom is -0.462 e. The van der Waals surface area contributed by atoms with Gasteiger partial charge in [-0.05, 0) is 44.9 Å². The summed E-state index contributed by atoms with van der Waals surface area (Å²) >= 11 is 0. The smallest absolute Gasteiger partial charge is 0.306 e. The first-order valence-corrected chi connectivity index (χ1v) is 27.7. The van der Waals surface area contributed by atoms with Gasteiger partial charge in [0.15, 0.2) is 6.10 Å².